The van der Waals surface area contributed by atoms with Crippen molar-refractivity contribution < 1.29 is 14.3 Å². The number of carbonyl (C=O) groups excluding carboxylic acids is 1. The van der Waals surface area contributed by atoms with Gasteiger partial charge in [-0.1, -0.05) is 24.3 Å². The second-order valence-corrected chi connectivity index (χ2v) is 12.6. The van der Waals surface area contributed by atoms with Crippen molar-refractivity contribution in [1.82, 2.24) is 19.8 Å². The molecular weight excluding hydrogens is 492 g/mol. The van der Waals surface area contributed by atoms with Crippen LogP contribution in [0.4, 0.5) is 16.3 Å². The first-order valence-electron chi connectivity index (χ1n) is 14.2. The predicted octanol–water partition coefficient (Wildman–Crippen LogP) is 5.18. The van der Waals surface area contributed by atoms with Crippen LogP contribution in [-0.4, -0.2) is 75.5 Å². The van der Waals surface area contributed by atoms with Crippen molar-refractivity contribution in [3.05, 3.63) is 41.7 Å². The lowest BCUT2D eigenvalue weighted by atomic mass is 9.78. The highest BCUT2D eigenvalue weighted by molar-refractivity contribution is 6.09. The number of hydrogen-bond acceptors (Lipinski definition) is 8. The zero-order valence-electron chi connectivity index (χ0n) is 23.9. The Morgan fingerprint density at radius 1 is 1.05 bits per heavy atom. The lowest BCUT2D eigenvalue weighted by Crippen LogP contribution is -2.51. The van der Waals surface area contributed by atoms with E-state index in [1.54, 1.807) is 0 Å². The number of ether oxygens (including phenoxy) is 2. The number of nitrogen functional groups attached to an aromatic ring is 1. The number of aromatic nitrogens is 2. The molecule has 1 aliphatic carbocycles. The molecule has 0 spiro atoms. The Hall–Kier alpha value is -3.20. The van der Waals surface area contributed by atoms with E-state index in [1.807, 2.05) is 39.5 Å². The third-order valence-corrected chi connectivity index (χ3v) is 8.01. The van der Waals surface area contributed by atoms with Crippen LogP contribution in [-0.2, 0) is 4.74 Å². The van der Waals surface area contributed by atoms with E-state index in [0.29, 0.717) is 23.3 Å². The average molecular weight is 535 g/mol. The molecule has 5 rings (SSSR count). The predicted molar refractivity (Wildman–Crippen MR) is 153 cm³/mol. The smallest absolute Gasteiger partial charge is 0.410 e. The van der Waals surface area contributed by atoms with Crippen molar-refractivity contribution in [1.29, 1.82) is 0 Å². The van der Waals surface area contributed by atoms with Crippen LogP contribution < -0.4 is 10.5 Å². The van der Waals surface area contributed by atoms with Crippen molar-refractivity contribution >= 4 is 23.3 Å². The minimum atomic E-state index is -0.619. The molecule has 0 atom stereocenters. The van der Waals surface area contributed by atoms with Gasteiger partial charge in [0.2, 0.25) is 5.88 Å². The third kappa shape index (κ3) is 6.35. The zero-order chi connectivity index (χ0) is 27.8. The molecule has 2 fully saturated rings. The van der Waals surface area contributed by atoms with Crippen LogP contribution in [0.2, 0.25) is 0 Å². The summed E-state index contributed by atoms with van der Waals surface area (Å²) in [5, 5.41) is 0. The maximum absolute atomic E-state index is 12.3. The fourth-order valence-corrected chi connectivity index (χ4v) is 5.90. The van der Waals surface area contributed by atoms with Crippen molar-refractivity contribution in [2.45, 2.75) is 77.4 Å². The molecule has 0 bridgehead atoms. The van der Waals surface area contributed by atoms with Crippen LogP contribution in [0.15, 0.2) is 35.6 Å². The van der Waals surface area contributed by atoms with Gasteiger partial charge in [-0.25, -0.2) is 14.8 Å². The molecule has 1 aromatic heterocycles. The van der Waals surface area contributed by atoms with E-state index in [4.69, 9.17) is 20.2 Å². The summed E-state index contributed by atoms with van der Waals surface area (Å²) in [5.41, 5.74) is 8.72. The lowest BCUT2D eigenvalue weighted by molar-refractivity contribution is 0.0127. The third-order valence-electron chi connectivity index (χ3n) is 8.01. The van der Waals surface area contributed by atoms with Gasteiger partial charge in [0, 0.05) is 38.3 Å². The summed E-state index contributed by atoms with van der Waals surface area (Å²) in [4.78, 5) is 29.8. The Bertz CT molecular complexity index is 1200. The van der Waals surface area contributed by atoms with E-state index >= 15 is 0 Å². The number of rotatable bonds is 4. The first-order valence-corrected chi connectivity index (χ1v) is 14.2. The number of anilines is 1. The number of piperazine rings is 1. The summed E-state index contributed by atoms with van der Waals surface area (Å²) in [6.07, 6.45) is 6.10. The molecule has 9 nitrogen and oxygen atoms in total. The number of fused-ring (bicyclic) bond motifs is 1. The van der Waals surface area contributed by atoms with Crippen molar-refractivity contribution in [2.24, 2.45) is 10.9 Å². The normalized spacial score (nSPS) is 23.4. The Kier molecular flexibility index (Phi) is 7.55. The summed E-state index contributed by atoms with van der Waals surface area (Å²) in [5.74, 6) is 2.05. The maximum atomic E-state index is 12.3. The zero-order valence-corrected chi connectivity index (χ0v) is 23.9. The highest BCUT2D eigenvalue weighted by atomic mass is 16.6. The van der Waals surface area contributed by atoms with Crippen molar-refractivity contribution in [2.75, 3.05) is 38.5 Å². The molecule has 1 saturated carbocycles. The maximum Gasteiger partial charge on any atom is 0.410 e. The van der Waals surface area contributed by atoms with Gasteiger partial charge in [0.1, 0.15) is 17.5 Å². The van der Waals surface area contributed by atoms with Gasteiger partial charge in [-0.3, -0.25) is 4.90 Å². The number of aliphatic imine (C=N–C) groups is 1. The SMILES string of the molecule is CC(C)(C)OC(=O)N1CCN(C[C@H]2CC[C@H](c3ccc(C4=Nc5c(N)ncnc5OC4(C)C)cc3)CC2)CC1. The second kappa shape index (κ2) is 10.8. The van der Waals surface area contributed by atoms with E-state index in [2.05, 4.69) is 39.1 Å². The summed E-state index contributed by atoms with van der Waals surface area (Å²) in [6.45, 7) is 14.2. The van der Waals surface area contributed by atoms with Gasteiger partial charge in [0.15, 0.2) is 11.5 Å². The summed E-state index contributed by atoms with van der Waals surface area (Å²) >= 11 is 0. The van der Waals surface area contributed by atoms with Crippen LogP contribution in [0.3, 0.4) is 0 Å². The molecule has 0 unspecified atom stereocenters. The molecule has 1 saturated heterocycles. The second-order valence-electron chi connectivity index (χ2n) is 12.6. The standard InChI is InChI=1S/C30H42N6O3/c1-29(2,3)39-28(37)36-16-14-35(15-17-36)18-20-6-8-21(9-7-20)22-10-12-23(13-11-22)25-30(4,5)38-27-24(34-25)26(31)32-19-33-27/h10-13,19-21H,6-9,14-18H2,1-5H3,(H2,31,32,33)/t20-,21-. The molecule has 2 aliphatic heterocycles. The number of hydrogen-bond donors (Lipinski definition) is 1. The Labute approximate surface area is 231 Å². The number of nitrogens with zero attached hydrogens (tertiary/aromatic N) is 5. The molecule has 0 radical (unpaired) electrons. The van der Waals surface area contributed by atoms with E-state index in [-0.39, 0.29) is 6.09 Å². The van der Waals surface area contributed by atoms with Gasteiger partial charge in [-0.05, 0) is 77.7 Å². The van der Waals surface area contributed by atoms with Crippen LogP contribution in [0.25, 0.3) is 0 Å². The summed E-state index contributed by atoms with van der Waals surface area (Å²) in [7, 11) is 0. The quantitative estimate of drug-likeness (QED) is 0.576. The fourth-order valence-electron chi connectivity index (χ4n) is 5.90. The minimum Gasteiger partial charge on any atom is -0.463 e. The molecule has 1 amide bonds. The molecule has 9 heteroatoms. The van der Waals surface area contributed by atoms with Gasteiger partial charge in [-0.15, -0.1) is 0 Å². The molecule has 2 aromatic rings. The van der Waals surface area contributed by atoms with E-state index in [0.717, 1.165) is 49.9 Å². The van der Waals surface area contributed by atoms with Gasteiger partial charge in [0.25, 0.3) is 0 Å². The summed E-state index contributed by atoms with van der Waals surface area (Å²) in [6, 6.07) is 8.80. The molecule has 210 valence electrons. The first-order chi connectivity index (χ1) is 18.5. The van der Waals surface area contributed by atoms with Gasteiger partial charge in [0.05, 0.1) is 5.71 Å². The average Bonchev–Trinajstić information content (AvgIpc) is 2.88. The number of carbonyl (C=O) groups is 1. The summed E-state index contributed by atoms with van der Waals surface area (Å²) < 4.78 is 11.7. The molecular formula is C30H42N6O3. The Morgan fingerprint density at radius 3 is 2.36 bits per heavy atom. The molecule has 1 aromatic carbocycles. The van der Waals surface area contributed by atoms with Gasteiger partial charge in [-0.2, -0.15) is 4.98 Å². The number of nitrogens with two attached hydrogens (primary N) is 1. The van der Waals surface area contributed by atoms with E-state index < -0.39 is 11.2 Å². The van der Waals surface area contributed by atoms with Crippen molar-refractivity contribution in [3.63, 3.8) is 0 Å². The number of benzene rings is 1. The van der Waals surface area contributed by atoms with Crippen LogP contribution in [0.5, 0.6) is 5.88 Å². The Morgan fingerprint density at radius 2 is 1.72 bits per heavy atom. The highest BCUT2D eigenvalue weighted by Crippen LogP contribution is 2.40. The van der Waals surface area contributed by atoms with Crippen LogP contribution in [0, 0.1) is 5.92 Å². The van der Waals surface area contributed by atoms with Gasteiger partial charge >= 0.3 is 6.09 Å². The first kappa shape index (κ1) is 27.4. The van der Waals surface area contributed by atoms with Crippen LogP contribution >= 0.6 is 0 Å². The largest absolute Gasteiger partial charge is 0.463 e. The molecule has 39 heavy (non-hydrogen) atoms. The highest BCUT2D eigenvalue weighted by Gasteiger charge is 2.35. The van der Waals surface area contributed by atoms with Gasteiger partial charge < -0.3 is 20.1 Å². The minimum absolute atomic E-state index is 0.191. The number of amides is 1. The van der Waals surface area contributed by atoms with E-state index in [9.17, 15) is 4.79 Å². The van der Waals surface area contributed by atoms with E-state index in [1.165, 1.54) is 37.6 Å². The Balaban J connectivity index is 1.13. The molecule has 2 N–H and O–H groups in total. The topological polar surface area (TPSA) is 106 Å². The monoisotopic (exact) mass is 534 g/mol. The van der Waals surface area contributed by atoms with Crippen molar-refractivity contribution in [3.8, 4) is 5.88 Å². The molecule has 3 aliphatic rings. The fraction of sp³-hybridized carbons (Fsp3) is 0.600. The lowest BCUT2D eigenvalue weighted by Gasteiger charge is -2.38. The molecule has 3 heterocycles. The van der Waals surface area contributed by atoms with Crippen LogP contribution in [0.1, 0.15) is 77.3 Å².